The monoisotopic (exact) mass is 233 g/mol. The summed E-state index contributed by atoms with van der Waals surface area (Å²) in [6, 6.07) is 2.10. The summed E-state index contributed by atoms with van der Waals surface area (Å²) in [6.45, 7) is 1.99. The number of hydrogen-bond donors (Lipinski definition) is 2. The van der Waals surface area contributed by atoms with Crippen molar-refractivity contribution in [1.82, 2.24) is 0 Å². The van der Waals surface area contributed by atoms with Crippen molar-refractivity contribution >= 4 is 11.6 Å². The molecule has 0 fully saturated rings. The first-order chi connectivity index (χ1) is 8.19. The number of carbonyl (C=O) groups excluding carboxylic acids is 1. The molecule has 1 amide bonds. The minimum absolute atomic E-state index is 0.0329. The summed E-state index contributed by atoms with van der Waals surface area (Å²) in [4.78, 5) is 11.4. The van der Waals surface area contributed by atoms with Gasteiger partial charge in [-0.2, -0.15) is 0 Å². The maximum Gasteiger partial charge on any atom is 0.224 e. The third kappa shape index (κ3) is 1.60. The molecule has 0 spiro atoms. The van der Waals surface area contributed by atoms with Crippen molar-refractivity contribution in [3.63, 3.8) is 0 Å². The molecule has 1 atom stereocenters. The fourth-order valence-electron chi connectivity index (χ4n) is 2.64. The van der Waals surface area contributed by atoms with Gasteiger partial charge in [0, 0.05) is 18.4 Å². The van der Waals surface area contributed by atoms with E-state index in [1.54, 1.807) is 0 Å². The molecule has 2 heterocycles. The number of amides is 1. The highest BCUT2D eigenvalue weighted by Crippen LogP contribution is 2.40. The predicted octanol–water partition coefficient (Wildman–Crippen LogP) is 1.18. The molecule has 4 nitrogen and oxygen atoms in total. The lowest BCUT2D eigenvalue weighted by Gasteiger charge is -2.21. The zero-order valence-electron chi connectivity index (χ0n) is 9.75. The Morgan fingerprint density at radius 2 is 2.29 bits per heavy atom. The molecule has 0 aliphatic carbocycles. The Balaban J connectivity index is 2.07. The van der Waals surface area contributed by atoms with Crippen molar-refractivity contribution in [3.05, 3.63) is 22.8 Å². The van der Waals surface area contributed by atoms with Crippen LogP contribution in [0.5, 0.6) is 5.75 Å². The molecular formula is C13H15NO3. The summed E-state index contributed by atoms with van der Waals surface area (Å²) in [5, 5.41) is 12.1. The quantitative estimate of drug-likeness (QED) is 0.765. The van der Waals surface area contributed by atoms with Crippen molar-refractivity contribution in [1.29, 1.82) is 0 Å². The van der Waals surface area contributed by atoms with Gasteiger partial charge in [0.05, 0.1) is 12.3 Å². The highest BCUT2D eigenvalue weighted by Gasteiger charge is 2.28. The predicted molar refractivity (Wildman–Crippen MR) is 63.3 cm³/mol. The Hall–Kier alpha value is -1.55. The maximum absolute atomic E-state index is 11.4. The van der Waals surface area contributed by atoms with Crippen LogP contribution in [0.25, 0.3) is 0 Å². The number of rotatable bonds is 1. The first kappa shape index (κ1) is 10.6. The van der Waals surface area contributed by atoms with E-state index in [0.29, 0.717) is 6.42 Å². The second-order valence-corrected chi connectivity index (χ2v) is 4.70. The molecule has 1 aromatic carbocycles. The summed E-state index contributed by atoms with van der Waals surface area (Å²) in [5.74, 6) is 0.905. The Morgan fingerprint density at radius 3 is 3.06 bits per heavy atom. The van der Waals surface area contributed by atoms with Crippen molar-refractivity contribution in [2.45, 2.75) is 32.3 Å². The van der Waals surface area contributed by atoms with Crippen molar-refractivity contribution in [2.24, 2.45) is 0 Å². The van der Waals surface area contributed by atoms with Gasteiger partial charge in [0.1, 0.15) is 11.9 Å². The number of aryl methyl sites for hydroxylation is 1. The fourth-order valence-corrected chi connectivity index (χ4v) is 2.64. The van der Waals surface area contributed by atoms with Gasteiger partial charge in [0.15, 0.2) is 0 Å². The van der Waals surface area contributed by atoms with Gasteiger partial charge < -0.3 is 15.2 Å². The second-order valence-electron chi connectivity index (χ2n) is 4.70. The van der Waals surface area contributed by atoms with E-state index < -0.39 is 0 Å². The number of aliphatic hydroxyl groups excluding tert-OH is 1. The molecule has 3 rings (SSSR count). The average molecular weight is 233 g/mol. The van der Waals surface area contributed by atoms with E-state index in [2.05, 4.69) is 11.4 Å². The molecule has 2 N–H and O–H groups in total. The largest absolute Gasteiger partial charge is 0.487 e. The highest BCUT2D eigenvalue weighted by atomic mass is 16.5. The number of anilines is 1. The summed E-state index contributed by atoms with van der Waals surface area (Å²) >= 11 is 0. The van der Waals surface area contributed by atoms with Crippen LogP contribution in [0, 0.1) is 6.92 Å². The number of ether oxygens (including phenoxy) is 1. The molecule has 0 aromatic heterocycles. The van der Waals surface area contributed by atoms with Crippen LogP contribution in [0.4, 0.5) is 5.69 Å². The summed E-state index contributed by atoms with van der Waals surface area (Å²) < 4.78 is 5.69. The number of fused-ring (bicyclic) bond motifs is 2. The summed E-state index contributed by atoms with van der Waals surface area (Å²) in [7, 11) is 0. The zero-order valence-corrected chi connectivity index (χ0v) is 9.75. The maximum atomic E-state index is 11.4. The molecule has 0 bridgehead atoms. The van der Waals surface area contributed by atoms with E-state index in [1.807, 2.05) is 6.92 Å². The van der Waals surface area contributed by atoms with Crippen LogP contribution >= 0.6 is 0 Å². The fraction of sp³-hybridized carbons (Fsp3) is 0.462. The number of nitrogens with one attached hydrogen (secondary N) is 1. The lowest BCUT2D eigenvalue weighted by molar-refractivity contribution is -0.116. The van der Waals surface area contributed by atoms with E-state index >= 15 is 0 Å². The van der Waals surface area contributed by atoms with E-state index in [9.17, 15) is 4.79 Å². The number of aliphatic hydroxyl groups is 1. The molecule has 1 aromatic rings. The van der Waals surface area contributed by atoms with E-state index in [0.717, 1.165) is 35.4 Å². The minimum atomic E-state index is -0.136. The van der Waals surface area contributed by atoms with Crippen molar-refractivity contribution in [2.75, 3.05) is 11.9 Å². The molecule has 1 unspecified atom stereocenters. The van der Waals surface area contributed by atoms with Crippen LogP contribution in [-0.4, -0.2) is 23.7 Å². The lowest BCUT2D eigenvalue weighted by Crippen LogP contribution is -2.20. The Morgan fingerprint density at radius 1 is 1.47 bits per heavy atom. The lowest BCUT2D eigenvalue weighted by atomic mass is 9.95. The van der Waals surface area contributed by atoms with Crippen LogP contribution in [0.3, 0.4) is 0 Å². The third-order valence-electron chi connectivity index (χ3n) is 3.50. The van der Waals surface area contributed by atoms with Crippen LogP contribution in [-0.2, 0) is 17.6 Å². The van der Waals surface area contributed by atoms with Crippen molar-refractivity contribution < 1.29 is 14.6 Å². The number of hydrogen-bond acceptors (Lipinski definition) is 3. The molecule has 4 heteroatoms. The van der Waals surface area contributed by atoms with Crippen molar-refractivity contribution in [3.8, 4) is 5.75 Å². The average Bonchev–Trinajstić information content (AvgIpc) is 2.74. The normalized spacial score (nSPS) is 21.5. The van der Waals surface area contributed by atoms with Gasteiger partial charge in [-0.3, -0.25) is 4.79 Å². The number of carbonyl (C=O) groups is 1. The van der Waals surface area contributed by atoms with Gasteiger partial charge in [-0.15, -0.1) is 0 Å². The standard InChI is InChI=1S/C13H15NO3/c1-7-12-8(2-3-11(16)14-12)4-9-5-10(6-15)17-13(7)9/h4,10,15H,2-3,5-6H2,1H3,(H,14,16). The first-order valence-corrected chi connectivity index (χ1v) is 5.91. The number of benzene rings is 1. The minimum Gasteiger partial charge on any atom is -0.487 e. The van der Waals surface area contributed by atoms with Gasteiger partial charge in [0.2, 0.25) is 5.91 Å². The summed E-state index contributed by atoms with van der Waals surface area (Å²) in [6.07, 6.45) is 1.96. The molecule has 0 saturated carbocycles. The van der Waals surface area contributed by atoms with Gasteiger partial charge >= 0.3 is 0 Å². The molecule has 17 heavy (non-hydrogen) atoms. The molecular weight excluding hydrogens is 218 g/mol. The Bertz CT molecular complexity index is 496. The van der Waals surface area contributed by atoms with Gasteiger partial charge in [0.25, 0.3) is 0 Å². The van der Waals surface area contributed by atoms with E-state index in [-0.39, 0.29) is 18.6 Å². The topological polar surface area (TPSA) is 58.6 Å². The smallest absolute Gasteiger partial charge is 0.224 e. The molecule has 90 valence electrons. The van der Waals surface area contributed by atoms with E-state index in [1.165, 1.54) is 5.56 Å². The van der Waals surface area contributed by atoms with Crippen LogP contribution in [0.2, 0.25) is 0 Å². The van der Waals surface area contributed by atoms with E-state index in [4.69, 9.17) is 9.84 Å². The highest BCUT2D eigenvalue weighted by molar-refractivity contribution is 5.95. The van der Waals surface area contributed by atoms with Crippen LogP contribution < -0.4 is 10.1 Å². The summed E-state index contributed by atoms with van der Waals surface area (Å²) in [5.41, 5.74) is 4.22. The van der Waals surface area contributed by atoms with Crippen LogP contribution in [0.1, 0.15) is 23.1 Å². The third-order valence-corrected chi connectivity index (χ3v) is 3.50. The van der Waals surface area contributed by atoms with Gasteiger partial charge in [-0.25, -0.2) is 0 Å². The second kappa shape index (κ2) is 3.74. The van der Waals surface area contributed by atoms with Gasteiger partial charge in [-0.05, 0) is 30.5 Å². The SMILES string of the molecule is Cc1c2c(cc3c1OC(CO)C3)CCC(=O)N2. The molecule has 2 aliphatic heterocycles. The Labute approximate surface area is 99.6 Å². The Kier molecular flexibility index (Phi) is 2.33. The zero-order chi connectivity index (χ0) is 12.0. The van der Waals surface area contributed by atoms with Gasteiger partial charge in [-0.1, -0.05) is 0 Å². The first-order valence-electron chi connectivity index (χ1n) is 5.91. The van der Waals surface area contributed by atoms with Crippen LogP contribution in [0.15, 0.2) is 6.07 Å². The molecule has 2 aliphatic rings. The molecule has 0 saturated heterocycles. The molecule has 0 radical (unpaired) electrons.